The molecule has 0 bridgehead atoms. The SMILES string of the molecule is Cc1cccc(Cn2c(N3CCN(C(=O)Nc4cccc(Cl)c4)CC3)nc3c2c(=O)n(C)c(=O)n3C)c1. The molecule has 11 heteroatoms. The van der Waals surface area contributed by atoms with Crippen molar-refractivity contribution in [1.82, 2.24) is 23.6 Å². The van der Waals surface area contributed by atoms with E-state index in [1.165, 1.54) is 11.6 Å². The van der Waals surface area contributed by atoms with Crippen molar-refractivity contribution in [2.45, 2.75) is 13.5 Å². The largest absolute Gasteiger partial charge is 0.339 e. The number of aryl methyl sites for hydroxylation is 2. The van der Waals surface area contributed by atoms with Gasteiger partial charge in [0.25, 0.3) is 5.56 Å². The molecule has 0 saturated carbocycles. The van der Waals surface area contributed by atoms with Crippen LogP contribution in [0.1, 0.15) is 11.1 Å². The molecule has 2 aromatic heterocycles. The van der Waals surface area contributed by atoms with Crippen LogP contribution in [0.4, 0.5) is 16.4 Å². The summed E-state index contributed by atoms with van der Waals surface area (Å²) in [5, 5.41) is 3.44. The Labute approximate surface area is 218 Å². The van der Waals surface area contributed by atoms with Crippen molar-refractivity contribution in [1.29, 1.82) is 0 Å². The number of benzene rings is 2. The molecule has 0 unspecified atom stereocenters. The maximum absolute atomic E-state index is 13.2. The van der Waals surface area contributed by atoms with Gasteiger partial charge in [0.2, 0.25) is 5.95 Å². The van der Waals surface area contributed by atoms with Crippen LogP contribution in [0.25, 0.3) is 11.2 Å². The second kappa shape index (κ2) is 9.78. The number of halogens is 1. The van der Waals surface area contributed by atoms with Gasteiger partial charge in [-0.05, 0) is 30.7 Å². The first-order valence-electron chi connectivity index (χ1n) is 12.0. The fourth-order valence-electron chi connectivity index (χ4n) is 4.70. The van der Waals surface area contributed by atoms with E-state index in [0.29, 0.717) is 60.5 Å². The Balaban J connectivity index is 1.46. The number of imidazole rings is 1. The van der Waals surface area contributed by atoms with Crippen molar-refractivity contribution < 1.29 is 4.79 Å². The second-order valence-corrected chi connectivity index (χ2v) is 9.72. The molecule has 0 aliphatic carbocycles. The van der Waals surface area contributed by atoms with E-state index in [0.717, 1.165) is 15.7 Å². The van der Waals surface area contributed by atoms with E-state index in [4.69, 9.17) is 16.6 Å². The van der Waals surface area contributed by atoms with Gasteiger partial charge in [0.15, 0.2) is 11.2 Å². The minimum Gasteiger partial charge on any atom is -0.339 e. The number of nitrogens with one attached hydrogen (secondary N) is 1. The zero-order valence-electron chi connectivity index (χ0n) is 20.9. The van der Waals surface area contributed by atoms with E-state index in [1.54, 1.807) is 36.2 Å². The highest BCUT2D eigenvalue weighted by Crippen LogP contribution is 2.23. The number of hydrogen-bond acceptors (Lipinski definition) is 5. The number of nitrogens with zero attached hydrogens (tertiary/aromatic N) is 6. The Bertz CT molecular complexity index is 1610. The summed E-state index contributed by atoms with van der Waals surface area (Å²) in [6, 6.07) is 14.9. The molecule has 1 N–H and O–H groups in total. The molecule has 5 rings (SSSR count). The van der Waals surface area contributed by atoms with Gasteiger partial charge in [-0.2, -0.15) is 4.98 Å². The second-order valence-electron chi connectivity index (χ2n) is 9.28. The average molecular weight is 522 g/mol. The van der Waals surface area contributed by atoms with Crippen molar-refractivity contribution >= 4 is 40.4 Å². The lowest BCUT2D eigenvalue weighted by atomic mass is 10.1. The van der Waals surface area contributed by atoms with E-state index < -0.39 is 5.69 Å². The molecular weight excluding hydrogens is 494 g/mol. The molecule has 0 radical (unpaired) electrons. The first-order valence-corrected chi connectivity index (χ1v) is 12.4. The molecule has 2 aromatic carbocycles. The van der Waals surface area contributed by atoms with E-state index in [9.17, 15) is 14.4 Å². The summed E-state index contributed by atoms with van der Waals surface area (Å²) in [7, 11) is 3.10. The monoisotopic (exact) mass is 521 g/mol. The topological polar surface area (TPSA) is 97.4 Å². The number of urea groups is 1. The van der Waals surface area contributed by atoms with E-state index >= 15 is 0 Å². The highest BCUT2D eigenvalue weighted by Gasteiger charge is 2.27. The Morgan fingerprint density at radius 3 is 2.43 bits per heavy atom. The van der Waals surface area contributed by atoms with Gasteiger partial charge < -0.3 is 15.1 Å². The molecule has 37 heavy (non-hydrogen) atoms. The molecule has 4 aromatic rings. The number of rotatable bonds is 4. The number of piperazine rings is 1. The molecular formula is C26H28ClN7O3. The Kier molecular flexibility index (Phi) is 6.51. The minimum atomic E-state index is -0.424. The molecule has 10 nitrogen and oxygen atoms in total. The van der Waals surface area contributed by atoms with Crippen molar-refractivity contribution in [3.8, 4) is 0 Å². The molecule has 0 spiro atoms. The van der Waals surface area contributed by atoms with Crippen LogP contribution in [-0.2, 0) is 20.6 Å². The van der Waals surface area contributed by atoms with Gasteiger partial charge in [0, 0.05) is 51.0 Å². The van der Waals surface area contributed by atoms with Crippen LogP contribution in [0, 0.1) is 6.92 Å². The minimum absolute atomic E-state index is 0.202. The first-order chi connectivity index (χ1) is 17.7. The van der Waals surface area contributed by atoms with Gasteiger partial charge in [-0.1, -0.05) is 47.5 Å². The van der Waals surface area contributed by atoms with Crippen molar-refractivity contribution in [3.63, 3.8) is 0 Å². The molecule has 1 aliphatic heterocycles. The van der Waals surface area contributed by atoms with Crippen LogP contribution in [0.5, 0.6) is 0 Å². The molecule has 1 aliphatic rings. The van der Waals surface area contributed by atoms with Crippen LogP contribution in [0.2, 0.25) is 5.02 Å². The van der Waals surface area contributed by atoms with Gasteiger partial charge in [-0.3, -0.25) is 18.5 Å². The fraction of sp³-hybridized carbons (Fsp3) is 0.308. The summed E-state index contributed by atoms with van der Waals surface area (Å²) in [6.45, 7) is 4.43. The third-order valence-electron chi connectivity index (χ3n) is 6.68. The lowest BCUT2D eigenvalue weighted by molar-refractivity contribution is 0.208. The fourth-order valence-corrected chi connectivity index (χ4v) is 4.89. The highest BCUT2D eigenvalue weighted by atomic mass is 35.5. The van der Waals surface area contributed by atoms with Crippen LogP contribution in [-0.4, -0.2) is 55.8 Å². The molecule has 3 heterocycles. The predicted molar refractivity (Wildman–Crippen MR) is 145 cm³/mol. The van der Waals surface area contributed by atoms with E-state index in [2.05, 4.69) is 16.3 Å². The van der Waals surface area contributed by atoms with Crippen molar-refractivity contribution in [2.24, 2.45) is 14.1 Å². The van der Waals surface area contributed by atoms with Crippen LogP contribution in [0.3, 0.4) is 0 Å². The standard InChI is InChI=1S/C26H28ClN7O3/c1-17-6-4-7-18(14-17)16-34-21-22(30(2)26(37)31(3)23(21)35)29-24(34)32-10-12-33(13-11-32)25(36)28-20-9-5-8-19(27)15-20/h4-9,14-15H,10-13,16H2,1-3H3,(H,28,36). The first kappa shape index (κ1) is 24.6. The number of hydrogen-bond donors (Lipinski definition) is 1. The van der Waals surface area contributed by atoms with E-state index in [1.807, 2.05) is 29.7 Å². The third kappa shape index (κ3) is 4.72. The zero-order valence-corrected chi connectivity index (χ0v) is 21.7. The van der Waals surface area contributed by atoms with E-state index in [-0.39, 0.29) is 11.6 Å². The quantitative estimate of drug-likeness (QED) is 0.445. The summed E-state index contributed by atoms with van der Waals surface area (Å²) >= 11 is 6.03. The lowest BCUT2D eigenvalue weighted by Crippen LogP contribution is -2.50. The predicted octanol–water partition coefficient (Wildman–Crippen LogP) is 2.80. The normalized spacial score (nSPS) is 13.8. The van der Waals surface area contributed by atoms with Crippen molar-refractivity contribution in [3.05, 3.63) is 85.5 Å². The number of fused-ring (bicyclic) bond motifs is 1. The molecule has 1 saturated heterocycles. The van der Waals surface area contributed by atoms with Crippen LogP contribution < -0.4 is 21.5 Å². The smallest absolute Gasteiger partial charge is 0.332 e. The van der Waals surface area contributed by atoms with Gasteiger partial charge in [0.05, 0.1) is 6.54 Å². The molecule has 1 fully saturated rings. The summed E-state index contributed by atoms with van der Waals surface area (Å²) < 4.78 is 4.40. The van der Waals surface area contributed by atoms with Crippen LogP contribution in [0.15, 0.2) is 58.1 Å². The Morgan fingerprint density at radius 1 is 1.00 bits per heavy atom. The Hall–Kier alpha value is -4.05. The van der Waals surface area contributed by atoms with Gasteiger partial charge >= 0.3 is 11.7 Å². The van der Waals surface area contributed by atoms with Gasteiger partial charge in [-0.25, -0.2) is 9.59 Å². The molecule has 0 atom stereocenters. The number of aromatic nitrogens is 4. The number of amides is 2. The average Bonchev–Trinajstić information content (AvgIpc) is 3.25. The summed E-state index contributed by atoms with van der Waals surface area (Å²) in [5.74, 6) is 0.602. The maximum Gasteiger partial charge on any atom is 0.332 e. The summed E-state index contributed by atoms with van der Waals surface area (Å²) in [5.41, 5.74) is 2.69. The summed E-state index contributed by atoms with van der Waals surface area (Å²) in [4.78, 5) is 47.2. The Morgan fingerprint density at radius 2 is 1.73 bits per heavy atom. The molecule has 2 amide bonds. The van der Waals surface area contributed by atoms with Gasteiger partial charge in [0.1, 0.15) is 0 Å². The number of anilines is 2. The zero-order chi connectivity index (χ0) is 26.3. The third-order valence-corrected chi connectivity index (χ3v) is 6.91. The number of carbonyl (C=O) groups excluding carboxylic acids is 1. The van der Waals surface area contributed by atoms with Gasteiger partial charge in [-0.15, -0.1) is 0 Å². The highest BCUT2D eigenvalue weighted by molar-refractivity contribution is 6.30. The molecule has 192 valence electrons. The number of carbonyl (C=O) groups is 1. The van der Waals surface area contributed by atoms with Crippen LogP contribution >= 0.6 is 11.6 Å². The maximum atomic E-state index is 13.2. The summed E-state index contributed by atoms with van der Waals surface area (Å²) in [6.07, 6.45) is 0. The van der Waals surface area contributed by atoms with Crippen molar-refractivity contribution in [2.75, 3.05) is 36.4 Å². The lowest BCUT2D eigenvalue weighted by Gasteiger charge is -2.35.